The summed E-state index contributed by atoms with van der Waals surface area (Å²) in [6.07, 6.45) is 0. The Kier molecular flexibility index (Phi) is 6.11. The Bertz CT molecular complexity index is 953. The summed E-state index contributed by atoms with van der Waals surface area (Å²) in [5, 5.41) is 2.81. The lowest BCUT2D eigenvalue weighted by Crippen LogP contribution is -2.41. The number of hydrogen-bond acceptors (Lipinski definition) is 5. The monoisotopic (exact) mass is 406 g/mol. The predicted octanol–water partition coefficient (Wildman–Crippen LogP) is 3.53. The van der Waals surface area contributed by atoms with Crippen LogP contribution in [0.25, 0.3) is 22.5 Å². The van der Waals surface area contributed by atoms with Crippen LogP contribution in [-0.4, -0.2) is 53.6 Å². The molecule has 1 amide bonds. The second kappa shape index (κ2) is 9.11. The first-order valence-corrected chi connectivity index (χ1v) is 9.89. The molecule has 6 nitrogen and oxygen atoms in total. The van der Waals surface area contributed by atoms with Gasteiger partial charge in [0.2, 0.25) is 11.9 Å². The SMILES string of the molecule is Cc1ccc(-c2cc(-c3ccc(F)cc3)nc(NC(=O)CN3CCOCC3)n2)cc1. The molecule has 0 atom stereocenters. The van der Waals surface area contributed by atoms with Gasteiger partial charge < -0.3 is 4.74 Å². The van der Waals surface area contributed by atoms with Crippen LogP contribution in [-0.2, 0) is 9.53 Å². The quantitative estimate of drug-likeness (QED) is 0.702. The first-order valence-electron chi connectivity index (χ1n) is 9.89. The molecule has 1 aliphatic heterocycles. The van der Waals surface area contributed by atoms with E-state index in [1.54, 1.807) is 12.1 Å². The molecule has 7 heteroatoms. The van der Waals surface area contributed by atoms with Crippen molar-refractivity contribution < 1.29 is 13.9 Å². The first-order chi connectivity index (χ1) is 14.6. The highest BCUT2D eigenvalue weighted by Gasteiger charge is 2.16. The van der Waals surface area contributed by atoms with Gasteiger partial charge in [-0.15, -0.1) is 0 Å². The van der Waals surface area contributed by atoms with Crippen molar-refractivity contribution in [3.05, 3.63) is 66.0 Å². The van der Waals surface area contributed by atoms with Crippen LogP contribution in [0.2, 0.25) is 0 Å². The summed E-state index contributed by atoms with van der Waals surface area (Å²) in [7, 11) is 0. The molecule has 0 spiro atoms. The van der Waals surface area contributed by atoms with Crippen LogP contribution < -0.4 is 5.32 Å². The normalized spacial score (nSPS) is 14.5. The number of benzene rings is 2. The molecule has 1 fully saturated rings. The number of morpholine rings is 1. The summed E-state index contributed by atoms with van der Waals surface area (Å²) in [6, 6.07) is 15.9. The number of nitrogens with one attached hydrogen (secondary N) is 1. The summed E-state index contributed by atoms with van der Waals surface area (Å²) >= 11 is 0. The van der Waals surface area contributed by atoms with Gasteiger partial charge >= 0.3 is 0 Å². The van der Waals surface area contributed by atoms with Gasteiger partial charge in [0.15, 0.2) is 0 Å². The second-order valence-corrected chi connectivity index (χ2v) is 7.27. The van der Waals surface area contributed by atoms with E-state index >= 15 is 0 Å². The van der Waals surface area contributed by atoms with Gasteiger partial charge in [-0.2, -0.15) is 0 Å². The van der Waals surface area contributed by atoms with Gasteiger partial charge in [0.05, 0.1) is 31.1 Å². The Labute approximate surface area is 174 Å². The van der Waals surface area contributed by atoms with Gasteiger partial charge in [0.25, 0.3) is 0 Å². The number of carbonyl (C=O) groups is 1. The molecule has 3 aromatic rings. The van der Waals surface area contributed by atoms with E-state index in [9.17, 15) is 9.18 Å². The largest absolute Gasteiger partial charge is 0.379 e. The number of rotatable bonds is 5. The summed E-state index contributed by atoms with van der Waals surface area (Å²) in [6.45, 7) is 4.97. The number of carbonyl (C=O) groups excluding carboxylic acids is 1. The van der Waals surface area contributed by atoms with Gasteiger partial charge in [0, 0.05) is 24.2 Å². The van der Waals surface area contributed by atoms with Crippen molar-refractivity contribution >= 4 is 11.9 Å². The van der Waals surface area contributed by atoms with E-state index in [1.807, 2.05) is 42.2 Å². The summed E-state index contributed by atoms with van der Waals surface area (Å²) < 4.78 is 18.7. The third-order valence-electron chi connectivity index (χ3n) is 4.94. The van der Waals surface area contributed by atoms with Crippen LogP contribution in [0.4, 0.5) is 10.3 Å². The second-order valence-electron chi connectivity index (χ2n) is 7.27. The Hall–Kier alpha value is -3.16. The van der Waals surface area contributed by atoms with Gasteiger partial charge in [-0.1, -0.05) is 29.8 Å². The number of hydrogen-bond donors (Lipinski definition) is 1. The number of nitrogens with zero attached hydrogens (tertiary/aromatic N) is 3. The van der Waals surface area contributed by atoms with Crippen molar-refractivity contribution in [1.29, 1.82) is 0 Å². The lowest BCUT2D eigenvalue weighted by Gasteiger charge is -2.25. The zero-order valence-electron chi connectivity index (χ0n) is 16.8. The standard InChI is InChI=1S/C23H23FN4O2/c1-16-2-4-17(5-3-16)20-14-21(18-6-8-19(24)9-7-18)26-23(25-20)27-22(29)15-28-10-12-30-13-11-28/h2-9,14H,10-13,15H2,1H3,(H,25,26,27,29). The molecule has 30 heavy (non-hydrogen) atoms. The zero-order valence-corrected chi connectivity index (χ0v) is 16.8. The third-order valence-corrected chi connectivity index (χ3v) is 4.94. The fourth-order valence-electron chi connectivity index (χ4n) is 3.27. The lowest BCUT2D eigenvalue weighted by molar-refractivity contribution is -0.118. The van der Waals surface area contributed by atoms with Crippen molar-refractivity contribution in [2.75, 3.05) is 38.2 Å². The van der Waals surface area contributed by atoms with Crippen molar-refractivity contribution in [3.8, 4) is 22.5 Å². The molecule has 1 aliphatic rings. The van der Waals surface area contributed by atoms with Gasteiger partial charge in [0.1, 0.15) is 5.82 Å². The fraction of sp³-hybridized carbons (Fsp3) is 0.261. The highest BCUT2D eigenvalue weighted by Crippen LogP contribution is 2.25. The third kappa shape index (κ3) is 5.06. The Morgan fingerprint density at radius 1 is 1.00 bits per heavy atom. The topological polar surface area (TPSA) is 67.4 Å². The number of aryl methyl sites for hydroxylation is 1. The molecule has 0 aliphatic carbocycles. The number of halogens is 1. The minimum atomic E-state index is -0.314. The predicted molar refractivity (Wildman–Crippen MR) is 113 cm³/mol. The number of aromatic nitrogens is 2. The molecule has 154 valence electrons. The van der Waals surface area contributed by atoms with E-state index in [2.05, 4.69) is 15.3 Å². The Balaban J connectivity index is 1.63. The van der Waals surface area contributed by atoms with Crippen molar-refractivity contribution in [1.82, 2.24) is 14.9 Å². The smallest absolute Gasteiger partial charge is 0.240 e. The number of anilines is 1. The minimum Gasteiger partial charge on any atom is -0.379 e. The van der Waals surface area contributed by atoms with Crippen molar-refractivity contribution in [2.45, 2.75) is 6.92 Å². The van der Waals surface area contributed by atoms with E-state index in [0.717, 1.165) is 29.8 Å². The first kappa shape index (κ1) is 20.1. The van der Waals surface area contributed by atoms with Crippen molar-refractivity contribution in [3.63, 3.8) is 0 Å². The van der Waals surface area contributed by atoms with Crippen LogP contribution in [0.3, 0.4) is 0 Å². The molecular formula is C23H23FN4O2. The van der Waals surface area contributed by atoms with Gasteiger partial charge in [-0.25, -0.2) is 14.4 Å². The molecule has 0 saturated carbocycles. The molecule has 4 rings (SSSR count). The Morgan fingerprint density at radius 3 is 2.17 bits per heavy atom. The van der Waals surface area contributed by atoms with Crippen LogP contribution in [0, 0.1) is 12.7 Å². The molecule has 1 saturated heterocycles. The van der Waals surface area contributed by atoms with Crippen LogP contribution in [0.1, 0.15) is 5.56 Å². The van der Waals surface area contributed by atoms with E-state index < -0.39 is 0 Å². The van der Waals surface area contributed by atoms with E-state index in [0.29, 0.717) is 24.6 Å². The average molecular weight is 406 g/mol. The van der Waals surface area contributed by atoms with E-state index in [4.69, 9.17) is 4.74 Å². The average Bonchev–Trinajstić information content (AvgIpc) is 2.75. The molecule has 0 bridgehead atoms. The molecular weight excluding hydrogens is 383 g/mol. The number of ether oxygens (including phenoxy) is 1. The maximum absolute atomic E-state index is 13.4. The highest BCUT2D eigenvalue weighted by molar-refractivity contribution is 5.91. The molecule has 1 aromatic heterocycles. The van der Waals surface area contributed by atoms with Crippen LogP contribution in [0.15, 0.2) is 54.6 Å². The summed E-state index contributed by atoms with van der Waals surface area (Å²) in [4.78, 5) is 23.6. The lowest BCUT2D eigenvalue weighted by atomic mass is 10.1. The molecule has 0 unspecified atom stereocenters. The Morgan fingerprint density at radius 2 is 1.57 bits per heavy atom. The maximum Gasteiger partial charge on any atom is 0.240 e. The van der Waals surface area contributed by atoms with E-state index in [1.165, 1.54) is 12.1 Å². The minimum absolute atomic E-state index is 0.178. The van der Waals surface area contributed by atoms with Gasteiger partial charge in [-0.3, -0.25) is 15.0 Å². The number of amides is 1. The molecule has 2 aromatic carbocycles. The maximum atomic E-state index is 13.4. The highest BCUT2D eigenvalue weighted by atomic mass is 19.1. The molecule has 0 radical (unpaired) electrons. The summed E-state index contributed by atoms with van der Waals surface area (Å²) in [5.74, 6) is -0.265. The molecule has 2 heterocycles. The van der Waals surface area contributed by atoms with E-state index in [-0.39, 0.29) is 24.2 Å². The fourth-order valence-corrected chi connectivity index (χ4v) is 3.27. The zero-order chi connectivity index (χ0) is 20.9. The van der Waals surface area contributed by atoms with Crippen LogP contribution in [0.5, 0.6) is 0 Å². The summed E-state index contributed by atoms with van der Waals surface area (Å²) in [5.41, 5.74) is 4.10. The van der Waals surface area contributed by atoms with Crippen LogP contribution >= 0.6 is 0 Å². The van der Waals surface area contributed by atoms with Crippen molar-refractivity contribution in [2.24, 2.45) is 0 Å². The van der Waals surface area contributed by atoms with Gasteiger partial charge in [-0.05, 0) is 37.3 Å². The molecule has 1 N–H and O–H groups in total.